The SMILES string of the molecule is COc1cc(C=C2CCN(C(C)=O)CC2)ccc1N. The quantitative estimate of drug-likeness (QED) is 0.830. The minimum absolute atomic E-state index is 0.160. The van der Waals surface area contributed by atoms with Crippen molar-refractivity contribution in [1.82, 2.24) is 4.90 Å². The molecule has 2 N–H and O–H groups in total. The molecule has 1 aliphatic rings. The van der Waals surface area contributed by atoms with Gasteiger partial charge in [0.1, 0.15) is 5.75 Å². The Balaban J connectivity index is 2.08. The Labute approximate surface area is 113 Å². The van der Waals surface area contributed by atoms with Crippen LogP contribution in [0.2, 0.25) is 0 Å². The first kappa shape index (κ1) is 13.5. The molecule has 19 heavy (non-hydrogen) atoms. The molecule has 1 aromatic carbocycles. The third kappa shape index (κ3) is 3.28. The fourth-order valence-electron chi connectivity index (χ4n) is 2.31. The van der Waals surface area contributed by atoms with Crippen LogP contribution in [0.4, 0.5) is 5.69 Å². The molecule has 1 aliphatic heterocycles. The van der Waals surface area contributed by atoms with Gasteiger partial charge in [-0.25, -0.2) is 0 Å². The molecule has 0 atom stereocenters. The van der Waals surface area contributed by atoms with E-state index in [1.165, 1.54) is 5.57 Å². The monoisotopic (exact) mass is 260 g/mol. The molecule has 1 fully saturated rings. The number of nitrogen functional groups attached to an aromatic ring is 1. The Bertz CT molecular complexity index is 499. The van der Waals surface area contributed by atoms with Gasteiger partial charge in [-0.05, 0) is 30.5 Å². The van der Waals surface area contributed by atoms with Crippen LogP contribution in [-0.2, 0) is 4.79 Å². The zero-order valence-corrected chi connectivity index (χ0v) is 11.5. The van der Waals surface area contributed by atoms with Gasteiger partial charge in [-0.3, -0.25) is 4.79 Å². The molecule has 0 bridgehead atoms. The molecule has 0 radical (unpaired) electrons. The van der Waals surface area contributed by atoms with Crippen LogP contribution in [0, 0.1) is 0 Å². The number of hydrogen-bond acceptors (Lipinski definition) is 3. The van der Waals surface area contributed by atoms with E-state index in [9.17, 15) is 4.79 Å². The van der Waals surface area contributed by atoms with Crippen LogP contribution in [0.3, 0.4) is 0 Å². The van der Waals surface area contributed by atoms with E-state index >= 15 is 0 Å². The maximum atomic E-state index is 11.3. The minimum atomic E-state index is 0.160. The summed E-state index contributed by atoms with van der Waals surface area (Å²) in [6, 6.07) is 5.79. The number of carbonyl (C=O) groups excluding carboxylic acids is 1. The summed E-state index contributed by atoms with van der Waals surface area (Å²) in [6.07, 6.45) is 4.04. The zero-order valence-electron chi connectivity index (χ0n) is 11.5. The Morgan fingerprint density at radius 1 is 1.37 bits per heavy atom. The lowest BCUT2D eigenvalue weighted by molar-refractivity contribution is -0.129. The van der Waals surface area contributed by atoms with Crippen LogP contribution < -0.4 is 10.5 Å². The normalized spacial score (nSPS) is 15.3. The summed E-state index contributed by atoms with van der Waals surface area (Å²) in [5, 5.41) is 0. The van der Waals surface area contributed by atoms with Crippen molar-refractivity contribution in [2.45, 2.75) is 19.8 Å². The Morgan fingerprint density at radius 3 is 2.63 bits per heavy atom. The summed E-state index contributed by atoms with van der Waals surface area (Å²) < 4.78 is 5.22. The molecule has 0 aromatic heterocycles. The first-order valence-electron chi connectivity index (χ1n) is 6.48. The lowest BCUT2D eigenvalue weighted by Crippen LogP contribution is -2.34. The van der Waals surface area contributed by atoms with Crippen LogP contribution >= 0.6 is 0 Å². The average Bonchev–Trinajstić information content (AvgIpc) is 2.41. The fraction of sp³-hybridized carbons (Fsp3) is 0.400. The highest BCUT2D eigenvalue weighted by molar-refractivity contribution is 5.73. The fourth-order valence-corrected chi connectivity index (χ4v) is 2.31. The summed E-state index contributed by atoms with van der Waals surface area (Å²) in [5.74, 6) is 0.865. The molecule has 0 aliphatic carbocycles. The summed E-state index contributed by atoms with van der Waals surface area (Å²) >= 11 is 0. The molecule has 102 valence electrons. The molecule has 2 rings (SSSR count). The van der Waals surface area contributed by atoms with Crippen LogP contribution in [-0.4, -0.2) is 31.0 Å². The lowest BCUT2D eigenvalue weighted by Gasteiger charge is -2.27. The Kier molecular flexibility index (Phi) is 4.10. The van der Waals surface area contributed by atoms with E-state index in [2.05, 4.69) is 6.08 Å². The standard InChI is InChI=1S/C15H20N2O2/c1-11(18)17-7-5-12(6-8-17)9-13-3-4-14(16)15(10-13)19-2/h3-4,9-10H,5-8,16H2,1-2H3. The van der Waals surface area contributed by atoms with Gasteiger partial charge in [-0.1, -0.05) is 17.7 Å². The number of hydrogen-bond donors (Lipinski definition) is 1. The van der Waals surface area contributed by atoms with Crippen molar-refractivity contribution in [2.75, 3.05) is 25.9 Å². The van der Waals surface area contributed by atoms with E-state index in [1.807, 2.05) is 23.1 Å². The molecule has 0 spiro atoms. The third-order valence-electron chi connectivity index (χ3n) is 3.48. The van der Waals surface area contributed by atoms with Gasteiger partial charge in [-0.2, -0.15) is 0 Å². The Hall–Kier alpha value is -1.97. The topological polar surface area (TPSA) is 55.6 Å². The molecule has 1 aromatic rings. The minimum Gasteiger partial charge on any atom is -0.495 e. The average molecular weight is 260 g/mol. The van der Waals surface area contributed by atoms with E-state index < -0.39 is 0 Å². The number of nitrogens with zero attached hydrogens (tertiary/aromatic N) is 1. The highest BCUT2D eigenvalue weighted by Crippen LogP contribution is 2.25. The zero-order chi connectivity index (χ0) is 13.8. The van der Waals surface area contributed by atoms with Crippen molar-refractivity contribution in [3.63, 3.8) is 0 Å². The number of anilines is 1. The van der Waals surface area contributed by atoms with Crippen molar-refractivity contribution < 1.29 is 9.53 Å². The highest BCUT2D eigenvalue weighted by Gasteiger charge is 2.15. The van der Waals surface area contributed by atoms with E-state index in [1.54, 1.807) is 14.0 Å². The van der Waals surface area contributed by atoms with E-state index in [4.69, 9.17) is 10.5 Å². The first-order chi connectivity index (χ1) is 9.10. The maximum Gasteiger partial charge on any atom is 0.219 e. The second-order valence-electron chi connectivity index (χ2n) is 4.81. The van der Waals surface area contributed by atoms with E-state index in [-0.39, 0.29) is 5.91 Å². The van der Waals surface area contributed by atoms with E-state index in [0.717, 1.165) is 31.5 Å². The molecule has 0 unspecified atom stereocenters. The van der Waals surface area contributed by atoms with Gasteiger partial charge in [-0.15, -0.1) is 0 Å². The number of piperidine rings is 1. The molecule has 0 saturated carbocycles. The lowest BCUT2D eigenvalue weighted by atomic mass is 10.0. The third-order valence-corrected chi connectivity index (χ3v) is 3.48. The summed E-state index contributed by atoms with van der Waals surface area (Å²) in [7, 11) is 1.62. The van der Waals surface area contributed by atoms with Gasteiger partial charge in [0.15, 0.2) is 0 Å². The van der Waals surface area contributed by atoms with Gasteiger partial charge >= 0.3 is 0 Å². The molecule has 1 heterocycles. The smallest absolute Gasteiger partial charge is 0.219 e. The predicted molar refractivity (Wildman–Crippen MR) is 76.9 cm³/mol. The molecule has 4 nitrogen and oxygen atoms in total. The van der Waals surface area contributed by atoms with Crippen LogP contribution in [0.15, 0.2) is 23.8 Å². The molecule has 1 saturated heterocycles. The van der Waals surface area contributed by atoms with Crippen LogP contribution in [0.5, 0.6) is 5.75 Å². The number of likely N-dealkylation sites (tertiary alicyclic amines) is 1. The van der Waals surface area contributed by atoms with E-state index in [0.29, 0.717) is 11.4 Å². The number of benzene rings is 1. The first-order valence-corrected chi connectivity index (χ1v) is 6.48. The maximum absolute atomic E-state index is 11.3. The Morgan fingerprint density at radius 2 is 2.05 bits per heavy atom. The summed E-state index contributed by atoms with van der Waals surface area (Å²) in [5.41, 5.74) is 8.90. The molecular formula is C15H20N2O2. The van der Waals surface area contributed by atoms with Crippen molar-refractivity contribution >= 4 is 17.7 Å². The van der Waals surface area contributed by atoms with Crippen molar-refractivity contribution in [3.8, 4) is 5.75 Å². The van der Waals surface area contributed by atoms with Gasteiger partial charge in [0.25, 0.3) is 0 Å². The van der Waals surface area contributed by atoms with Gasteiger partial charge in [0, 0.05) is 20.0 Å². The predicted octanol–water partition coefficient (Wildman–Crippen LogP) is 2.30. The number of rotatable bonds is 2. The summed E-state index contributed by atoms with van der Waals surface area (Å²) in [4.78, 5) is 13.2. The summed E-state index contributed by atoms with van der Waals surface area (Å²) in [6.45, 7) is 3.25. The molecular weight excluding hydrogens is 240 g/mol. The largest absolute Gasteiger partial charge is 0.495 e. The van der Waals surface area contributed by atoms with Crippen molar-refractivity contribution in [1.29, 1.82) is 0 Å². The van der Waals surface area contributed by atoms with Gasteiger partial charge < -0.3 is 15.4 Å². The highest BCUT2D eigenvalue weighted by atomic mass is 16.5. The second-order valence-corrected chi connectivity index (χ2v) is 4.81. The van der Waals surface area contributed by atoms with Crippen LogP contribution in [0.1, 0.15) is 25.3 Å². The van der Waals surface area contributed by atoms with Gasteiger partial charge in [0.05, 0.1) is 12.8 Å². The molecule has 4 heteroatoms. The number of amides is 1. The van der Waals surface area contributed by atoms with Gasteiger partial charge in [0.2, 0.25) is 5.91 Å². The number of methoxy groups -OCH3 is 1. The van der Waals surface area contributed by atoms with Crippen LogP contribution in [0.25, 0.3) is 6.08 Å². The number of carbonyl (C=O) groups is 1. The number of ether oxygens (including phenoxy) is 1. The molecule has 1 amide bonds. The van der Waals surface area contributed by atoms with Crippen molar-refractivity contribution in [3.05, 3.63) is 29.3 Å². The van der Waals surface area contributed by atoms with Crippen molar-refractivity contribution in [2.24, 2.45) is 0 Å². The second kappa shape index (κ2) is 5.78. The number of nitrogens with two attached hydrogens (primary N) is 1.